The van der Waals surface area contributed by atoms with Crippen molar-refractivity contribution in [1.82, 2.24) is 0 Å². The molecule has 0 saturated heterocycles. The van der Waals surface area contributed by atoms with Crippen molar-refractivity contribution in [3.05, 3.63) is 100.0 Å². The molecule has 0 aliphatic carbocycles. The molecular formula is C23H15FO4. The first kappa shape index (κ1) is 17.7. The van der Waals surface area contributed by atoms with Crippen molar-refractivity contribution in [2.24, 2.45) is 0 Å². The van der Waals surface area contributed by atoms with Gasteiger partial charge in [0.15, 0.2) is 5.76 Å². The molecule has 0 atom stereocenters. The maximum absolute atomic E-state index is 13.1. The maximum atomic E-state index is 13.1. The molecule has 1 aromatic heterocycles. The van der Waals surface area contributed by atoms with E-state index in [4.69, 9.17) is 9.15 Å². The second-order valence-corrected chi connectivity index (χ2v) is 6.35. The van der Waals surface area contributed by atoms with Crippen LogP contribution in [-0.2, 0) is 0 Å². The highest BCUT2D eigenvalue weighted by Gasteiger charge is 2.21. The van der Waals surface area contributed by atoms with Gasteiger partial charge in [0.05, 0.1) is 10.9 Å². The summed E-state index contributed by atoms with van der Waals surface area (Å²) in [7, 11) is 0. The lowest BCUT2D eigenvalue weighted by molar-refractivity contribution is 0.0731. The summed E-state index contributed by atoms with van der Waals surface area (Å²) in [6.45, 7) is 1.89. The second-order valence-electron chi connectivity index (χ2n) is 6.35. The highest BCUT2D eigenvalue weighted by Crippen LogP contribution is 2.31. The molecule has 0 fully saturated rings. The normalized spacial score (nSPS) is 10.8. The van der Waals surface area contributed by atoms with Gasteiger partial charge in [0.25, 0.3) is 0 Å². The van der Waals surface area contributed by atoms with Crippen LogP contribution in [0.5, 0.6) is 5.75 Å². The summed E-state index contributed by atoms with van der Waals surface area (Å²) in [6.07, 6.45) is 0. The number of rotatable bonds is 3. The Morgan fingerprint density at radius 3 is 2.39 bits per heavy atom. The molecule has 28 heavy (non-hydrogen) atoms. The molecule has 4 aromatic rings. The van der Waals surface area contributed by atoms with E-state index in [2.05, 4.69) is 0 Å². The minimum absolute atomic E-state index is 0.129. The van der Waals surface area contributed by atoms with Crippen LogP contribution in [0.4, 0.5) is 4.39 Å². The lowest BCUT2D eigenvalue weighted by Gasteiger charge is -2.11. The molecule has 0 radical (unpaired) electrons. The van der Waals surface area contributed by atoms with Crippen molar-refractivity contribution in [3.8, 4) is 17.1 Å². The van der Waals surface area contributed by atoms with Gasteiger partial charge in [-0.25, -0.2) is 9.18 Å². The zero-order valence-corrected chi connectivity index (χ0v) is 14.9. The van der Waals surface area contributed by atoms with Crippen LogP contribution in [0, 0.1) is 12.7 Å². The topological polar surface area (TPSA) is 56.5 Å². The maximum Gasteiger partial charge on any atom is 0.343 e. The minimum atomic E-state index is -0.768. The molecule has 4 nitrogen and oxygen atoms in total. The second kappa shape index (κ2) is 7.12. The molecule has 0 aliphatic heterocycles. The van der Waals surface area contributed by atoms with Crippen LogP contribution >= 0.6 is 0 Å². The van der Waals surface area contributed by atoms with Crippen molar-refractivity contribution in [2.75, 3.05) is 0 Å². The number of ether oxygens (including phenoxy) is 1. The van der Waals surface area contributed by atoms with Gasteiger partial charge in [-0.05, 0) is 48.9 Å². The van der Waals surface area contributed by atoms with Gasteiger partial charge in [-0.3, -0.25) is 4.79 Å². The number of benzene rings is 3. The molecule has 0 N–H and O–H groups in total. The van der Waals surface area contributed by atoms with E-state index in [1.807, 2.05) is 13.0 Å². The lowest BCUT2D eigenvalue weighted by Crippen LogP contribution is -2.16. The average Bonchev–Trinajstić information content (AvgIpc) is 2.71. The van der Waals surface area contributed by atoms with Gasteiger partial charge in [-0.2, -0.15) is 0 Å². The summed E-state index contributed by atoms with van der Waals surface area (Å²) in [5.41, 5.74) is 1.63. The summed E-state index contributed by atoms with van der Waals surface area (Å²) in [5.74, 6) is -1.27. The number of fused-ring (bicyclic) bond motifs is 1. The fraction of sp³-hybridized carbons (Fsp3) is 0.0435. The monoisotopic (exact) mass is 374 g/mol. The van der Waals surface area contributed by atoms with Crippen LogP contribution in [-0.4, -0.2) is 5.97 Å². The molecule has 0 aliphatic rings. The molecule has 4 rings (SSSR count). The van der Waals surface area contributed by atoms with Gasteiger partial charge in [0.2, 0.25) is 11.2 Å². The van der Waals surface area contributed by atoms with Gasteiger partial charge in [0, 0.05) is 5.56 Å². The summed E-state index contributed by atoms with van der Waals surface area (Å²) in [5, 5.41) is 0.312. The van der Waals surface area contributed by atoms with Crippen LogP contribution in [0.1, 0.15) is 15.9 Å². The number of carbonyl (C=O) groups is 1. The highest BCUT2D eigenvalue weighted by atomic mass is 19.1. The number of esters is 1. The van der Waals surface area contributed by atoms with Crippen LogP contribution in [0.3, 0.4) is 0 Å². The van der Waals surface area contributed by atoms with Crippen molar-refractivity contribution in [2.45, 2.75) is 6.92 Å². The number of hydrogen-bond donors (Lipinski definition) is 0. The molecule has 0 spiro atoms. The third-order valence-corrected chi connectivity index (χ3v) is 4.32. The smallest absolute Gasteiger partial charge is 0.343 e. The van der Waals surface area contributed by atoms with E-state index in [0.29, 0.717) is 16.5 Å². The lowest BCUT2D eigenvalue weighted by atomic mass is 10.1. The van der Waals surface area contributed by atoms with E-state index >= 15 is 0 Å². The van der Waals surface area contributed by atoms with Crippen molar-refractivity contribution < 1.29 is 18.3 Å². The van der Waals surface area contributed by atoms with Crippen molar-refractivity contribution in [3.63, 3.8) is 0 Å². The van der Waals surface area contributed by atoms with E-state index in [-0.39, 0.29) is 17.1 Å². The summed E-state index contributed by atoms with van der Waals surface area (Å²) < 4.78 is 24.5. The number of aryl methyl sites for hydroxylation is 1. The molecule has 138 valence electrons. The standard InChI is InChI=1S/C23H15FO4/c1-14-7-12-18-19(13-14)27-21(15-5-3-2-4-6-15)22(20(18)25)28-23(26)16-8-10-17(24)11-9-16/h2-13H,1H3. The Morgan fingerprint density at radius 1 is 0.964 bits per heavy atom. The highest BCUT2D eigenvalue weighted by molar-refractivity contribution is 5.93. The Balaban J connectivity index is 1.89. The third kappa shape index (κ3) is 3.30. The van der Waals surface area contributed by atoms with Crippen LogP contribution in [0.25, 0.3) is 22.3 Å². The third-order valence-electron chi connectivity index (χ3n) is 4.32. The SMILES string of the molecule is Cc1ccc2c(=O)c(OC(=O)c3ccc(F)cc3)c(-c3ccccc3)oc2c1. The van der Waals surface area contributed by atoms with Crippen molar-refractivity contribution in [1.29, 1.82) is 0 Å². The van der Waals surface area contributed by atoms with Gasteiger partial charge < -0.3 is 9.15 Å². The Morgan fingerprint density at radius 2 is 1.68 bits per heavy atom. The fourth-order valence-corrected chi connectivity index (χ4v) is 2.89. The summed E-state index contributed by atoms with van der Waals surface area (Å²) in [4.78, 5) is 25.6. The minimum Gasteiger partial charge on any atom is -0.452 e. The zero-order valence-electron chi connectivity index (χ0n) is 14.9. The first-order valence-corrected chi connectivity index (χ1v) is 8.63. The van der Waals surface area contributed by atoms with Crippen LogP contribution in [0.2, 0.25) is 0 Å². The van der Waals surface area contributed by atoms with E-state index in [1.54, 1.807) is 42.5 Å². The molecule has 0 unspecified atom stereocenters. The molecule has 5 heteroatoms. The van der Waals surface area contributed by atoms with Gasteiger partial charge in [-0.15, -0.1) is 0 Å². The first-order valence-electron chi connectivity index (χ1n) is 8.63. The van der Waals surface area contributed by atoms with E-state index in [0.717, 1.165) is 17.7 Å². The average molecular weight is 374 g/mol. The Labute approximate surface area is 159 Å². The Kier molecular flexibility index (Phi) is 4.49. The van der Waals surface area contributed by atoms with E-state index < -0.39 is 17.2 Å². The Hall–Kier alpha value is -3.73. The number of carbonyl (C=O) groups excluding carboxylic acids is 1. The van der Waals surface area contributed by atoms with Gasteiger partial charge in [-0.1, -0.05) is 36.4 Å². The van der Waals surface area contributed by atoms with E-state index in [1.165, 1.54) is 12.1 Å². The number of hydrogen-bond acceptors (Lipinski definition) is 4. The molecule has 0 amide bonds. The molecular weight excluding hydrogens is 359 g/mol. The fourth-order valence-electron chi connectivity index (χ4n) is 2.89. The molecule has 0 saturated carbocycles. The Bertz CT molecular complexity index is 1230. The quantitative estimate of drug-likeness (QED) is 0.467. The molecule has 3 aromatic carbocycles. The van der Waals surface area contributed by atoms with Crippen LogP contribution in [0.15, 0.2) is 82.0 Å². The zero-order chi connectivity index (χ0) is 19.7. The molecule has 0 bridgehead atoms. The van der Waals surface area contributed by atoms with E-state index in [9.17, 15) is 14.0 Å². The van der Waals surface area contributed by atoms with Gasteiger partial charge in [0.1, 0.15) is 11.4 Å². The largest absolute Gasteiger partial charge is 0.452 e. The van der Waals surface area contributed by atoms with Crippen LogP contribution < -0.4 is 10.2 Å². The number of halogens is 1. The molecule has 1 heterocycles. The summed E-state index contributed by atoms with van der Waals surface area (Å²) >= 11 is 0. The summed E-state index contributed by atoms with van der Waals surface area (Å²) in [6, 6.07) is 19.0. The van der Waals surface area contributed by atoms with Gasteiger partial charge >= 0.3 is 5.97 Å². The predicted octanol–water partition coefficient (Wildman–Crippen LogP) is 5.13. The predicted molar refractivity (Wildman–Crippen MR) is 104 cm³/mol. The first-order chi connectivity index (χ1) is 13.5. The van der Waals surface area contributed by atoms with Crippen molar-refractivity contribution >= 4 is 16.9 Å².